The zero-order chi connectivity index (χ0) is 18.0. The predicted molar refractivity (Wildman–Crippen MR) is 94.5 cm³/mol. The number of anilines is 1. The molecule has 0 spiro atoms. The molecule has 1 aliphatic heterocycles. The minimum atomic E-state index is -0.540. The van der Waals surface area contributed by atoms with E-state index in [1.807, 2.05) is 0 Å². The van der Waals surface area contributed by atoms with Gasteiger partial charge in [0, 0.05) is 49.8 Å². The number of hydrogen-bond donors (Lipinski definition) is 1. The molecule has 1 N–H and O–H groups in total. The average Bonchev–Trinajstić information content (AvgIpc) is 3.02. The van der Waals surface area contributed by atoms with Crippen LogP contribution in [0, 0.1) is 5.95 Å². The largest absolute Gasteiger partial charge is 0.473 e. The summed E-state index contributed by atoms with van der Waals surface area (Å²) in [5.41, 5.74) is 0. The van der Waals surface area contributed by atoms with Gasteiger partial charge in [-0.15, -0.1) is 0 Å². The van der Waals surface area contributed by atoms with E-state index in [1.54, 1.807) is 18.3 Å². The van der Waals surface area contributed by atoms with Crippen LogP contribution in [0.1, 0.15) is 25.1 Å². The molecule has 1 amide bonds. The molecule has 0 aromatic carbocycles. The number of rotatable bonds is 5. The van der Waals surface area contributed by atoms with E-state index in [4.69, 9.17) is 16.3 Å². The lowest BCUT2D eigenvalue weighted by Crippen LogP contribution is -2.28. The highest BCUT2D eigenvalue weighted by Crippen LogP contribution is 2.28. The standard InChI is InChI=1S/C16H18ClFN4O2S/c1-9-5-12(24-14-6-11(17)3-4-19-14)7-22(9)8-13-15(18)21-16(25-13)20-10(2)23/h3-4,6,9,12H,5,7-8H2,1-2H3,(H,20,21,23)/t9-,12?/m0/s1. The fourth-order valence-electron chi connectivity index (χ4n) is 2.79. The Labute approximate surface area is 154 Å². The number of nitrogens with one attached hydrogen (secondary N) is 1. The fourth-order valence-corrected chi connectivity index (χ4v) is 3.85. The molecule has 1 fully saturated rings. The number of thiazole rings is 1. The fraction of sp³-hybridized carbons (Fsp3) is 0.438. The zero-order valence-electron chi connectivity index (χ0n) is 13.8. The Kier molecular flexibility index (Phi) is 5.51. The topological polar surface area (TPSA) is 67.4 Å². The molecule has 2 aromatic heterocycles. The maximum Gasteiger partial charge on any atom is 0.230 e. The summed E-state index contributed by atoms with van der Waals surface area (Å²) in [5, 5.41) is 3.37. The predicted octanol–water partition coefficient (Wildman–Crippen LogP) is 3.33. The van der Waals surface area contributed by atoms with E-state index >= 15 is 0 Å². The molecule has 2 aromatic rings. The number of nitrogens with zero attached hydrogens (tertiary/aromatic N) is 3. The van der Waals surface area contributed by atoms with Crippen molar-refractivity contribution in [2.45, 2.75) is 39.0 Å². The Morgan fingerprint density at radius 2 is 2.40 bits per heavy atom. The van der Waals surface area contributed by atoms with Crippen LogP contribution in [0.15, 0.2) is 18.3 Å². The smallest absolute Gasteiger partial charge is 0.230 e. The molecule has 1 unspecified atom stereocenters. The van der Waals surface area contributed by atoms with Crippen LogP contribution in [0.4, 0.5) is 9.52 Å². The summed E-state index contributed by atoms with van der Waals surface area (Å²) in [6, 6.07) is 3.60. The van der Waals surface area contributed by atoms with E-state index in [0.717, 1.165) is 17.8 Å². The van der Waals surface area contributed by atoms with Gasteiger partial charge in [0.2, 0.25) is 17.7 Å². The van der Waals surface area contributed by atoms with Crippen LogP contribution in [-0.4, -0.2) is 39.5 Å². The summed E-state index contributed by atoms with van der Waals surface area (Å²) in [7, 11) is 0. The zero-order valence-corrected chi connectivity index (χ0v) is 15.4. The van der Waals surface area contributed by atoms with E-state index < -0.39 is 5.95 Å². The van der Waals surface area contributed by atoms with Gasteiger partial charge >= 0.3 is 0 Å². The molecule has 3 heterocycles. The quantitative estimate of drug-likeness (QED) is 0.856. The van der Waals surface area contributed by atoms with E-state index in [1.165, 1.54) is 6.92 Å². The van der Waals surface area contributed by atoms with Crippen LogP contribution in [0.3, 0.4) is 0 Å². The van der Waals surface area contributed by atoms with Gasteiger partial charge in [0.25, 0.3) is 0 Å². The third kappa shape index (κ3) is 4.65. The monoisotopic (exact) mass is 384 g/mol. The number of halogens is 2. The molecule has 9 heteroatoms. The van der Waals surface area contributed by atoms with Crippen LogP contribution < -0.4 is 10.1 Å². The van der Waals surface area contributed by atoms with Crippen LogP contribution >= 0.6 is 22.9 Å². The Hall–Kier alpha value is -1.77. The molecule has 0 saturated carbocycles. The van der Waals surface area contributed by atoms with Crippen molar-refractivity contribution in [1.29, 1.82) is 0 Å². The van der Waals surface area contributed by atoms with Gasteiger partial charge in [-0.1, -0.05) is 22.9 Å². The summed E-state index contributed by atoms with van der Waals surface area (Å²) in [6.07, 6.45) is 2.38. The SMILES string of the molecule is CC(=O)Nc1nc(F)c(CN2CC(Oc3cc(Cl)ccn3)C[C@@H]2C)s1. The van der Waals surface area contributed by atoms with E-state index in [9.17, 15) is 9.18 Å². The van der Waals surface area contributed by atoms with E-state index in [0.29, 0.717) is 28.9 Å². The number of carbonyl (C=O) groups is 1. The minimum Gasteiger partial charge on any atom is -0.473 e. The van der Waals surface area contributed by atoms with Gasteiger partial charge in [0.15, 0.2) is 5.13 Å². The molecular weight excluding hydrogens is 367 g/mol. The second-order valence-corrected chi connectivity index (χ2v) is 7.50. The van der Waals surface area contributed by atoms with E-state index in [-0.39, 0.29) is 23.2 Å². The van der Waals surface area contributed by atoms with Crippen molar-refractivity contribution in [2.75, 3.05) is 11.9 Å². The number of pyridine rings is 1. The van der Waals surface area contributed by atoms with Crippen molar-refractivity contribution < 1.29 is 13.9 Å². The first-order valence-corrected chi connectivity index (χ1v) is 9.05. The third-order valence-corrected chi connectivity index (χ3v) is 5.09. The summed E-state index contributed by atoms with van der Waals surface area (Å²) < 4.78 is 19.9. The van der Waals surface area contributed by atoms with Gasteiger partial charge in [-0.2, -0.15) is 9.37 Å². The molecular formula is C16H18ClFN4O2S. The molecule has 0 aliphatic carbocycles. The first-order valence-electron chi connectivity index (χ1n) is 7.85. The van der Waals surface area contributed by atoms with Gasteiger partial charge < -0.3 is 10.1 Å². The number of aromatic nitrogens is 2. The average molecular weight is 385 g/mol. The van der Waals surface area contributed by atoms with Crippen molar-refractivity contribution in [3.05, 3.63) is 34.2 Å². The van der Waals surface area contributed by atoms with Crippen LogP contribution in [-0.2, 0) is 11.3 Å². The third-order valence-electron chi connectivity index (χ3n) is 3.93. The molecule has 6 nitrogen and oxygen atoms in total. The summed E-state index contributed by atoms with van der Waals surface area (Å²) in [5.74, 6) is -0.317. The molecule has 0 radical (unpaired) electrons. The van der Waals surface area contributed by atoms with Crippen molar-refractivity contribution >= 4 is 34.0 Å². The van der Waals surface area contributed by atoms with Crippen LogP contribution in [0.5, 0.6) is 5.88 Å². The van der Waals surface area contributed by atoms with Crippen molar-refractivity contribution in [2.24, 2.45) is 0 Å². The minimum absolute atomic E-state index is 0.0354. The number of ether oxygens (including phenoxy) is 1. The van der Waals surface area contributed by atoms with Crippen molar-refractivity contribution in [3.8, 4) is 5.88 Å². The molecule has 25 heavy (non-hydrogen) atoms. The molecule has 2 atom stereocenters. The van der Waals surface area contributed by atoms with Gasteiger partial charge in [-0.05, 0) is 13.0 Å². The normalized spacial score (nSPS) is 20.6. The van der Waals surface area contributed by atoms with Crippen molar-refractivity contribution in [1.82, 2.24) is 14.9 Å². The number of amides is 1. The molecule has 1 saturated heterocycles. The maximum absolute atomic E-state index is 14.0. The Morgan fingerprint density at radius 3 is 3.12 bits per heavy atom. The number of likely N-dealkylation sites (tertiary alicyclic amines) is 1. The molecule has 0 bridgehead atoms. The van der Waals surface area contributed by atoms with Crippen LogP contribution in [0.2, 0.25) is 5.02 Å². The van der Waals surface area contributed by atoms with Gasteiger partial charge in [0.1, 0.15) is 6.10 Å². The number of hydrogen-bond acceptors (Lipinski definition) is 6. The summed E-state index contributed by atoms with van der Waals surface area (Å²) in [4.78, 5) is 21.6. The Bertz CT molecular complexity index is 772. The Balaban J connectivity index is 1.62. The maximum atomic E-state index is 14.0. The molecule has 1 aliphatic rings. The lowest BCUT2D eigenvalue weighted by atomic mass is 10.2. The Morgan fingerprint density at radius 1 is 1.60 bits per heavy atom. The highest BCUT2D eigenvalue weighted by atomic mass is 35.5. The van der Waals surface area contributed by atoms with E-state index in [2.05, 4.69) is 27.1 Å². The molecule has 3 rings (SSSR count). The van der Waals surface area contributed by atoms with Crippen molar-refractivity contribution in [3.63, 3.8) is 0 Å². The first-order chi connectivity index (χ1) is 11.9. The second-order valence-electron chi connectivity index (χ2n) is 5.98. The summed E-state index contributed by atoms with van der Waals surface area (Å²) >= 11 is 7.10. The van der Waals surface area contributed by atoms with Gasteiger partial charge in [-0.3, -0.25) is 9.69 Å². The van der Waals surface area contributed by atoms with Gasteiger partial charge in [0.05, 0.1) is 4.88 Å². The highest BCUT2D eigenvalue weighted by Gasteiger charge is 2.32. The first kappa shape index (κ1) is 18.0. The highest BCUT2D eigenvalue weighted by molar-refractivity contribution is 7.15. The molecule has 134 valence electrons. The van der Waals surface area contributed by atoms with Gasteiger partial charge in [-0.25, -0.2) is 4.98 Å². The lowest BCUT2D eigenvalue weighted by Gasteiger charge is -2.19. The summed E-state index contributed by atoms with van der Waals surface area (Å²) in [6.45, 7) is 4.52. The second kappa shape index (κ2) is 7.63. The van der Waals surface area contributed by atoms with Crippen LogP contribution in [0.25, 0.3) is 0 Å². The lowest BCUT2D eigenvalue weighted by molar-refractivity contribution is -0.114. The number of carbonyl (C=O) groups excluding carboxylic acids is 1.